The second-order valence-electron chi connectivity index (χ2n) is 5.58. The lowest BCUT2D eigenvalue weighted by Crippen LogP contribution is -2.50. The summed E-state index contributed by atoms with van der Waals surface area (Å²) in [6, 6.07) is 0.0263. The summed E-state index contributed by atoms with van der Waals surface area (Å²) in [7, 11) is 1.98. The van der Waals surface area contributed by atoms with Crippen LogP contribution in [0.2, 0.25) is 0 Å². The first-order valence-corrected chi connectivity index (χ1v) is 7.80. The third kappa shape index (κ3) is 3.27. The number of imidazole rings is 1. The highest BCUT2D eigenvalue weighted by Crippen LogP contribution is 2.27. The molecule has 1 fully saturated rings. The number of nitrogens with one attached hydrogen (secondary N) is 2. The van der Waals surface area contributed by atoms with E-state index in [0.29, 0.717) is 18.7 Å². The van der Waals surface area contributed by atoms with Crippen LogP contribution in [0, 0.1) is 0 Å². The maximum Gasteiger partial charge on any atom is 0.254 e. The van der Waals surface area contributed by atoms with E-state index in [9.17, 15) is 4.79 Å². The van der Waals surface area contributed by atoms with E-state index in [1.165, 1.54) is 6.20 Å². The summed E-state index contributed by atoms with van der Waals surface area (Å²) in [6.07, 6.45) is 6.66. The van der Waals surface area contributed by atoms with Crippen LogP contribution < -0.4 is 5.32 Å². The zero-order chi connectivity index (χ0) is 16.2. The normalized spacial score (nSPS) is 22.2. The zero-order valence-corrected chi connectivity index (χ0v) is 13.4. The fraction of sp³-hybridized carbons (Fsp3) is 0.533. The molecular formula is C15H22N6O2. The number of aromatic amines is 1. The SMILES string of the molecule is CCN1CCO[C@@H](CNC(=O)c2cn[nH]c2)[C@@H]1c1nccn1C. The largest absolute Gasteiger partial charge is 0.373 e. The van der Waals surface area contributed by atoms with Crippen molar-refractivity contribution in [3.63, 3.8) is 0 Å². The maximum atomic E-state index is 12.1. The van der Waals surface area contributed by atoms with E-state index in [1.807, 2.05) is 17.8 Å². The van der Waals surface area contributed by atoms with E-state index in [2.05, 4.69) is 32.3 Å². The number of nitrogens with zero attached hydrogens (tertiary/aromatic N) is 4. The molecule has 3 heterocycles. The van der Waals surface area contributed by atoms with Gasteiger partial charge in [-0.25, -0.2) is 4.98 Å². The molecule has 0 bridgehead atoms. The van der Waals surface area contributed by atoms with Gasteiger partial charge in [-0.2, -0.15) is 5.10 Å². The van der Waals surface area contributed by atoms with Gasteiger partial charge in [-0.15, -0.1) is 0 Å². The van der Waals surface area contributed by atoms with Crippen LogP contribution in [0.1, 0.15) is 29.1 Å². The van der Waals surface area contributed by atoms with Gasteiger partial charge in [-0.05, 0) is 6.54 Å². The highest BCUT2D eigenvalue weighted by molar-refractivity contribution is 5.93. The van der Waals surface area contributed by atoms with Crippen molar-refractivity contribution in [1.29, 1.82) is 0 Å². The van der Waals surface area contributed by atoms with Crippen molar-refractivity contribution >= 4 is 5.91 Å². The maximum absolute atomic E-state index is 12.1. The molecule has 0 unspecified atom stereocenters. The molecule has 0 aliphatic carbocycles. The van der Waals surface area contributed by atoms with Crippen LogP contribution >= 0.6 is 0 Å². The minimum Gasteiger partial charge on any atom is -0.373 e. The first-order valence-electron chi connectivity index (χ1n) is 7.80. The lowest BCUT2D eigenvalue weighted by Gasteiger charge is -2.40. The van der Waals surface area contributed by atoms with E-state index in [0.717, 1.165) is 18.9 Å². The van der Waals surface area contributed by atoms with Gasteiger partial charge in [0.2, 0.25) is 0 Å². The van der Waals surface area contributed by atoms with E-state index in [-0.39, 0.29) is 18.1 Å². The number of aryl methyl sites for hydroxylation is 1. The number of aromatic nitrogens is 4. The van der Waals surface area contributed by atoms with Crippen molar-refractivity contribution in [2.45, 2.75) is 19.1 Å². The Morgan fingerprint density at radius 1 is 1.57 bits per heavy atom. The van der Waals surface area contributed by atoms with E-state index in [1.54, 1.807) is 12.4 Å². The number of likely N-dealkylation sites (N-methyl/N-ethyl adjacent to an activating group) is 1. The molecule has 3 rings (SSSR count). The fourth-order valence-electron chi connectivity index (χ4n) is 2.97. The molecule has 0 saturated carbocycles. The molecule has 8 nitrogen and oxygen atoms in total. The van der Waals surface area contributed by atoms with Crippen LogP contribution in [0.3, 0.4) is 0 Å². The van der Waals surface area contributed by atoms with Crippen LogP contribution in [-0.4, -0.2) is 62.9 Å². The van der Waals surface area contributed by atoms with E-state index >= 15 is 0 Å². The van der Waals surface area contributed by atoms with Crippen molar-refractivity contribution in [2.24, 2.45) is 7.05 Å². The molecule has 2 aromatic heterocycles. The van der Waals surface area contributed by atoms with Crippen molar-refractivity contribution in [3.05, 3.63) is 36.2 Å². The Labute approximate surface area is 134 Å². The van der Waals surface area contributed by atoms with Crippen LogP contribution in [0.4, 0.5) is 0 Å². The Hall–Kier alpha value is -2.19. The highest BCUT2D eigenvalue weighted by atomic mass is 16.5. The summed E-state index contributed by atoms with van der Waals surface area (Å²) in [5.41, 5.74) is 0.515. The second-order valence-corrected chi connectivity index (χ2v) is 5.58. The molecule has 0 aromatic carbocycles. The number of H-pyrrole nitrogens is 1. The summed E-state index contributed by atoms with van der Waals surface area (Å²) in [6.45, 7) is 4.98. The summed E-state index contributed by atoms with van der Waals surface area (Å²) in [5, 5.41) is 9.35. The molecule has 124 valence electrons. The summed E-state index contributed by atoms with van der Waals surface area (Å²) >= 11 is 0. The number of carbonyl (C=O) groups is 1. The average Bonchev–Trinajstić information content (AvgIpc) is 3.23. The average molecular weight is 318 g/mol. The zero-order valence-electron chi connectivity index (χ0n) is 13.4. The fourth-order valence-corrected chi connectivity index (χ4v) is 2.97. The second kappa shape index (κ2) is 6.93. The highest BCUT2D eigenvalue weighted by Gasteiger charge is 2.35. The van der Waals surface area contributed by atoms with E-state index in [4.69, 9.17) is 4.74 Å². The number of rotatable bonds is 5. The van der Waals surface area contributed by atoms with Gasteiger partial charge in [-0.3, -0.25) is 14.8 Å². The van der Waals surface area contributed by atoms with Crippen molar-refractivity contribution in [3.8, 4) is 0 Å². The van der Waals surface area contributed by atoms with Gasteiger partial charge in [0.05, 0.1) is 30.5 Å². The lowest BCUT2D eigenvalue weighted by molar-refractivity contribution is -0.0720. The molecule has 8 heteroatoms. The minimum atomic E-state index is -0.158. The van der Waals surface area contributed by atoms with Crippen molar-refractivity contribution in [2.75, 3.05) is 26.2 Å². The first kappa shape index (κ1) is 15.7. The third-order valence-electron chi connectivity index (χ3n) is 4.21. The molecule has 0 spiro atoms. The Morgan fingerprint density at radius 3 is 3.09 bits per heavy atom. The van der Waals surface area contributed by atoms with Gasteiger partial charge < -0.3 is 14.6 Å². The molecule has 2 N–H and O–H groups in total. The first-order chi connectivity index (χ1) is 11.2. The lowest BCUT2D eigenvalue weighted by atomic mass is 10.1. The topological polar surface area (TPSA) is 88.1 Å². The summed E-state index contributed by atoms with van der Waals surface area (Å²) in [5.74, 6) is 0.795. The molecule has 1 aliphatic rings. The molecule has 23 heavy (non-hydrogen) atoms. The van der Waals surface area contributed by atoms with Crippen LogP contribution in [-0.2, 0) is 11.8 Å². The third-order valence-corrected chi connectivity index (χ3v) is 4.21. The Kier molecular flexibility index (Phi) is 4.73. The van der Waals surface area contributed by atoms with E-state index < -0.39 is 0 Å². The Morgan fingerprint density at radius 2 is 2.43 bits per heavy atom. The van der Waals surface area contributed by atoms with Gasteiger partial charge in [0, 0.05) is 38.7 Å². The number of carbonyl (C=O) groups excluding carboxylic acids is 1. The standard InChI is InChI=1S/C15H22N6O2/c1-3-21-6-7-23-12(13(21)14-16-4-5-20(14)2)10-17-15(22)11-8-18-19-9-11/h4-5,8-9,12-13H,3,6-7,10H2,1-2H3,(H,17,22)(H,18,19)/t12-,13+/m0/s1. The Balaban J connectivity index is 1.73. The van der Waals surface area contributed by atoms with Gasteiger partial charge in [-0.1, -0.05) is 6.92 Å². The van der Waals surface area contributed by atoms with Gasteiger partial charge in [0.1, 0.15) is 5.82 Å². The van der Waals surface area contributed by atoms with Crippen LogP contribution in [0.15, 0.2) is 24.8 Å². The van der Waals surface area contributed by atoms with Gasteiger partial charge in [0.25, 0.3) is 5.91 Å². The summed E-state index contributed by atoms with van der Waals surface area (Å²) in [4.78, 5) is 18.9. The molecule has 0 radical (unpaired) electrons. The minimum absolute atomic E-state index is 0.0263. The number of hydrogen-bond donors (Lipinski definition) is 2. The molecule has 1 amide bonds. The number of morpholine rings is 1. The number of ether oxygens (including phenoxy) is 1. The predicted molar refractivity (Wildman–Crippen MR) is 83.9 cm³/mol. The van der Waals surface area contributed by atoms with Gasteiger partial charge in [0.15, 0.2) is 0 Å². The Bertz CT molecular complexity index is 638. The van der Waals surface area contributed by atoms with Crippen LogP contribution in [0.25, 0.3) is 0 Å². The van der Waals surface area contributed by atoms with Gasteiger partial charge >= 0.3 is 0 Å². The molecule has 1 aliphatic heterocycles. The monoisotopic (exact) mass is 318 g/mol. The molecule has 2 atom stereocenters. The molecular weight excluding hydrogens is 296 g/mol. The number of amides is 1. The number of hydrogen-bond acceptors (Lipinski definition) is 5. The molecule has 2 aromatic rings. The quantitative estimate of drug-likeness (QED) is 0.830. The summed E-state index contributed by atoms with van der Waals surface area (Å²) < 4.78 is 7.94. The smallest absolute Gasteiger partial charge is 0.254 e. The predicted octanol–water partition coefficient (Wildman–Crippen LogP) is 0.335. The van der Waals surface area contributed by atoms with Crippen LogP contribution in [0.5, 0.6) is 0 Å². The molecule has 1 saturated heterocycles. The van der Waals surface area contributed by atoms with Crippen molar-refractivity contribution < 1.29 is 9.53 Å². The van der Waals surface area contributed by atoms with Crippen molar-refractivity contribution in [1.82, 2.24) is 30.0 Å².